The van der Waals surface area contributed by atoms with Crippen LogP contribution in [0.4, 0.5) is 8.78 Å². The third-order valence-corrected chi connectivity index (χ3v) is 4.71. The fourth-order valence-electron chi connectivity index (χ4n) is 3.23. The first-order valence-electron chi connectivity index (χ1n) is 7.60. The fourth-order valence-corrected chi connectivity index (χ4v) is 3.23. The van der Waals surface area contributed by atoms with E-state index in [1.807, 2.05) is 24.3 Å². The topological polar surface area (TPSA) is 41.6 Å². The second-order valence-corrected chi connectivity index (χ2v) is 6.11. The zero-order valence-electron chi connectivity index (χ0n) is 13.2. The number of benzene rings is 1. The fraction of sp³-hybridized carbons (Fsp3) is 0.471. The summed E-state index contributed by atoms with van der Waals surface area (Å²) in [6.45, 7) is 0.718. The molecule has 1 N–H and O–H groups in total. The first-order valence-corrected chi connectivity index (χ1v) is 7.60. The van der Waals surface area contributed by atoms with Crippen molar-refractivity contribution in [2.24, 2.45) is 0 Å². The quantitative estimate of drug-likeness (QED) is 0.846. The van der Waals surface area contributed by atoms with E-state index >= 15 is 0 Å². The van der Waals surface area contributed by atoms with Gasteiger partial charge in [0.25, 0.3) is 5.92 Å². The Labute approximate surface area is 134 Å². The van der Waals surface area contributed by atoms with Crippen LogP contribution in [-0.2, 0) is 11.3 Å². The summed E-state index contributed by atoms with van der Waals surface area (Å²) < 4.78 is 33.1. The van der Waals surface area contributed by atoms with Crippen molar-refractivity contribution < 1.29 is 18.3 Å². The van der Waals surface area contributed by atoms with Crippen LogP contribution in [0, 0.1) is 0 Å². The Hall–Kier alpha value is -1.95. The summed E-state index contributed by atoms with van der Waals surface area (Å²) >= 11 is 0. The summed E-state index contributed by atoms with van der Waals surface area (Å²) in [6.07, 6.45) is 1.40. The molecule has 1 aliphatic carbocycles. The molecule has 23 heavy (non-hydrogen) atoms. The van der Waals surface area contributed by atoms with Crippen LogP contribution in [0.5, 0.6) is 5.75 Å². The lowest BCUT2D eigenvalue weighted by molar-refractivity contribution is -0.120. The van der Waals surface area contributed by atoms with Crippen LogP contribution in [0.3, 0.4) is 0 Å². The van der Waals surface area contributed by atoms with Gasteiger partial charge in [-0.05, 0) is 30.3 Å². The molecule has 1 spiro atoms. The summed E-state index contributed by atoms with van der Waals surface area (Å²) in [7, 11) is 3.27. The number of ether oxygens (including phenoxy) is 1. The standard InChI is InChI=1S/C17H20F2N2O2/c1-21-8-7-17(18,19)16(21)10-13(16)9-15(22)20-11-12-3-5-14(23-2)6-4-12/h3-6,10H,7-9,11H2,1-2H3,(H,20,22)/t16-/m1/s1. The predicted molar refractivity (Wildman–Crippen MR) is 82.5 cm³/mol. The lowest BCUT2D eigenvalue weighted by Gasteiger charge is -2.26. The van der Waals surface area contributed by atoms with Gasteiger partial charge in [-0.3, -0.25) is 9.69 Å². The number of carbonyl (C=O) groups is 1. The molecule has 2 aliphatic rings. The van der Waals surface area contributed by atoms with Crippen LogP contribution in [0.25, 0.3) is 0 Å². The van der Waals surface area contributed by atoms with Gasteiger partial charge in [-0.25, -0.2) is 8.78 Å². The number of likely N-dealkylation sites (tertiary alicyclic amines) is 1. The van der Waals surface area contributed by atoms with Crippen LogP contribution in [0.2, 0.25) is 0 Å². The Morgan fingerprint density at radius 1 is 1.35 bits per heavy atom. The molecule has 1 fully saturated rings. The van der Waals surface area contributed by atoms with Gasteiger partial charge >= 0.3 is 0 Å². The van der Waals surface area contributed by atoms with Crippen molar-refractivity contribution in [3.8, 4) is 5.75 Å². The van der Waals surface area contributed by atoms with Gasteiger partial charge < -0.3 is 10.1 Å². The number of amides is 1. The van der Waals surface area contributed by atoms with Crippen LogP contribution in [0.15, 0.2) is 35.9 Å². The molecule has 1 amide bonds. The number of nitrogens with one attached hydrogen (secondary N) is 1. The average Bonchev–Trinajstić information content (AvgIpc) is 3.22. The third kappa shape index (κ3) is 2.72. The number of rotatable bonds is 5. The van der Waals surface area contributed by atoms with Gasteiger partial charge in [0.15, 0.2) is 0 Å². The summed E-state index contributed by atoms with van der Waals surface area (Å²) in [6, 6.07) is 7.34. The molecule has 0 unspecified atom stereocenters. The lowest BCUT2D eigenvalue weighted by Crippen LogP contribution is -2.43. The maximum absolute atomic E-state index is 14.0. The van der Waals surface area contributed by atoms with Gasteiger partial charge in [-0.1, -0.05) is 18.2 Å². The second kappa shape index (κ2) is 5.60. The van der Waals surface area contributed by atoms with E-state index in [0.29, 0.717) is 18.7 Å². The van der Waals surface area contributed by atoms with E-state index in [1.165, 1.54) is 6.08 Å². The zero-order chi connectivity index (χ0) is 16.7. The highest BCUT2D eigenvalue weighted by atomic mass is 19.3. The smallest absolute Gasteiger partial charge is 0.274 e. The van der Waals surface area contributed by atoms with E-state index in [9.17, 15) is 13.6 Å². The van der Waals surface area contributed by atoms with Crippen molar-refractivity contribution in [1.82, 2.24) is 10.2 Å². The largest absolute Gasteiger partial charge is 0.497 e. The average molecular weight is 322 g/mol. The molecule has 0 bridgehead atoms. The molecule has 1 heterocycles. The first-order chi connectivity index (χ1) is 10.9. The van der Waals surface area contributed by atoms with E-state index in [2.05, 4.69) is 5.32 Å². The third-order valence-electron chi connectivity index (χ3n) is 4.71. The number of halogens is 2. The second-order valence-electron chi connectivity index (χ2n) is 6.11. The van der Waals surface area contributed by atoms with Crippen molar-refractivity contribution in [2.75, 3.05) is 20.7 Å². The van der Waals surface area contributed by atoms with E-state index in [4.69, 9.17) is 4.74 Å². The Bertz CT molecular complexity index is 642. The highest BCUT2D eigenvalue weighted by Gasteiger charge is 2.68. The maximum atomic E-state index is 14.0. The van der Waals surface area contributed by atoms with Crippen LogP contribution >= 0.6 is 0 Å². The van der Waals surface area contributed by atoms with E-state index in [-0.39, 0.29) is 18.7 Å². The number of methoxy groups -OCH3 is 1. The molecule has 1 atom stereocenters. The molecule has 3 rings (SSSR count). The first kappa shape index (κ1) is 15.9. The Kier molecular flexibility index (Phi) is 3.88. The minimum atomic E-state index is -2.77. The lowest BCUT2D eigenvalue weighted by atomic mass is 10.0. The molecule has 124 valence electrons. The normalized spacial score (nSPS) is 25.3. The van der Waals surface area contributed by atoms with Gasteiger partial charge in [0.1, 0.15) is 11.3 Å². The van der Waals surface area contributed by atoms with Crippen molar-refractivity contribution >= 4 is 5.91 Å². The maximum Gasteiger partial charge on any atom is 0.274 e. The highest BCUT2D eigenvalue weighted by Crippen LogP contribution is 2.57. The molecule has 1 aromatic carbocycles. The van der Waals surface area contributed by atoms with E-state index < -0.39 is 11.5 Å². The number of hydrogen-bond acceptors (Lipinski definition) is 3. The minimum absolute atomic E-state index is 0.0239. The molecular formula is C17H20F2N2O2. The number of nitrogens with zero attached hydrogens (tertiary/aromatic N) is 1. The molecule has 1 aliphatic heterocycles. The summed E-state index contributed by atoms with van der Waals surface area (Å²) in [5, 5.41) is 2.77. The zero-order valence-corrected chi connectivity index (χ0v) is 13.2. The van der Waals surface area contributed by atoms with Crippen molar-refractivity contribution in [1.29, 1.82) is 0 Å². The van der Waals surface area contributed by atoms with Gasteiger partial charge in [-0.2, -0.15) is 0 Å². The van der Waals surface area contributed by atoms with Crippen molar-refractivity contribution in [3.05, 3.63) is 41.5 Å². The minimum Gasteiger partial charge on any atom is -0.497 e. The molecule has 0 radical (unpaired) electrons. The van der Waals surface area contributed by atoms with Crippen LogP contribution in [-0.4, -0.2) is 43.0 Å². The number of hydrogen-bond donors (Lipinski definition) is 1. The Balaban J connectivity index is 1.52. The molecule has 6 heteroatoms. The summed E-state index contributed by atoms with van der Waals surface area (Å²) in [5.41, 5.74) is 0.168. The van der Waals surface area contributed by atoms with Gasteiger partial charge in [0.2, 0.25) is 5.91 Å². The van der Waals surface area contributed by atoms with Crippen LogP contribution < -0.4 is 10.1 Å². The predicted octanol–water partition coefficient (Wildman–Crippen LogP) is 2.35. The SMILES string of the molecule is COc1ccc(CNC(=O)CC2=C[C@@]23N(C)CCC3(F)F)cc1. The number of likely N-dealkylation sites (N-methyl/N-ethyl adjacent to an activating group) is 1. The van der Waals surface area contributed by atoms with Crippen molar-refractivity contribution in [3.63, 3.8) is 0 Å². The molecular weight excluding hydrogens is 302 g/mol. The summed E-state index contributed by atoms with van der Waals surface area (Å²) in [5.74, 6) is -2.26. The summed E-state index contributed by atoms with van der Waals surface area (Å²) in [4.78, 5) is 13.6. The Morgan fingerprint density at radius 2 is 2.04 bits per heavy atom. The van der Waals surface area contributed by atoms with E-state index in [1.54, 1.807) is 19.1 Å². The van der Waals surface area contributed by atoms with Crippen molar-refractivity contribution in [2.45, 2.75) is 30.8 Å². The molecule has 0 aromatic heterocycles. The van der Waals surface area contributed by atoms with Gasteiger partial charge in [0.05, 0.1) is 7.11 Å². The molecule has 1 aromatic rings. The molecule has 1 saturated heterocycles. The Morgan fingerprint density at radius 3 is 2.61 bits per heavy atom. The van der Waals surface area contributed by atoms with Gasteiger partial charge in [0, 0.05) is 25.9 Å². The number of carbonyl (C=O) groups excluding carboxylic acids is 1. The van der Waals surface area contributed by atoms with Gasteiger partial charge in [-0.15, -0.1) is 0 Å². The molecule has 4 nitrogen and oxygen atoms in total. The number of alkyl halides is 2. The van der Waals surface area contributed by atoms with Crippen LogP contribution in [0.1, 0.15) is 18.4 Å². The molecule has 0 saturated carbocycles. The van der Waals surface area contributed by atoms with E-state index in [0.717, 1.165) is 11.3 Å². The monoisotopic (exact) mass is 322 g/mol. The highest BCUT2D eigenvalue weighted by molar-refractivity contribution is 5.81.